The standard InChI is InChI=1S/C25H19FN8O/c1-15-20(9-10-27-24(15)26)34-25(35)23-22(31-34)18-5-3-4-6-21(18)33(30-23)13-16-7-8-19(28-11-16)17-12-29-32(2)14-17/h3-12,14H,13H2,1-2H3. The molecule has 10 heteroatoms. The fraction of sp³-hybridized carbons (Fsp3) is 0.120. The van der Waals surface area contributed by atoms with Crippen molar-refractivity contribution < 1.29 is 4.39 Å². The van der Waals surface area contributed by atoms with Gasteiger partial charge >= 0.3 is 5.56 Å². The van der Waals surface area contributed by atoms with Crippen LogP contribution in [0.3, 0.4) is 0 Å². The summed E-state index contributed by atoms with van der Waals surface area (Å²) in [6.07, 6.45) is 6.78. The van der Waals surface area contributed by atoms with Crippen LogP contribution in [0.25, 0.3) is 39.2 Å². The van der Waals surface area contributed by atoms with E-state index in [9.17, 15) is 9.18 Å². The summed E-state index contributed by atoms with van der Waals surface area (Å²) in [6, 6.07) is 13.1. The first-order valence-corrected chi connectivity index (χ1v) is 10.9. The largest absolute Gasteiger partial charge is 0.301 e. The van der Waals surface area contributed by atoms with Crippen LogP contribution in [-0.4, -0.2) is 39.3 Å². The lowest BCUT2D eigenvalue weighted by atomic mass is 10.1. The highest BCUT2D eigenvalue weighted by Crippen LogP contribution is 2.27. The van der Waals surface area contributed by atoms with Crippen molar-refractivity contribution in [3.05, 3.63) is 94.7 Å². The van der Waals surface area contributed by atoms with Gasteiger partial charge in [-0.15, -0.1) is 0 Å². The van der Waals surface area contributed by atoms with Gasteiger partial charge in [-0.05, 0) is 30.7 Å². The highest BCUT2D eigenvalue weighted by Gasteiger charge is 2.24. The van der Waals surface area contributed by atoms with E-state index >= 15 is 0 Å². The Bertz CT molecular complexity index is 1730. The van der Waals surface area contributed by atoms with Crippen LogP contribution in [-0.2, 0) is 13.6 Å². The number of hydrogen-bond acceptors (Lipinski definition) is 6. The van der Waals surface area contributed by atoms with Crippen LogP contribution in [0.5, 0.6) is 0 Å². The molecule has 5 heterocycles. The third-order valence-corrected chi connectivity index (χ3v) is 5.98. The van der Waals surface area contributed by atoms with Crippen LogP contribution in [0.1, 0.15) is 11.1 Å². The fourth-order valence-electron chi connectivity index (χ4n) is 4.17. The van der Waals surface area contributed by atoms with E-state index in [1.165, 1.54) is 10.9 Å². The zero-order chi connectivity index (χ0) is 24.1. The van der Waals surface area contributed by atoms with Gasteiger partial charge in [-0.2, -0.15) is 24.4 Å². The van der Waals surface area contributed by atoms with E-state index in [2.05, 4.69) is 25.3 Å². The molecular formula is C25H19FN8O. The predicted octanol–water partition coefficient (Wildman–Crippen LogP) is 3.37. The van der Waals surface area contributed by atoms with Crippen LogP contribution < -0.4 is 5.56 Å². The molecule has 2 aliphatic heterocycles. The average molecular weight is 466 g/mol. The highest BCUT2D eigenvalue weighted by atomic mass is 19.1. The lowest BCUT2D eigenvalue weighted by molar-refractivity contribution is 0.571. The Labute approximate surface area is 198 Å². The Morgan fingerprint density at radius 3 is 2.60 bits per heavy atom. The van der Waals surface area contributed by atoms with Crippen molar-refractivity contribution in [2.75, 3.05) is 0 Å². The summed E-state index contributed by atoms with van der Waals surface area (Å²) >= 11 is 0. The molecule has 0 atom stereocenters. The van der Waals surface area contributed by atoms with Crippen molar-refractivity contribution in [2.45, 2.75) is 13.5 Å². The summed E-state index contributed by atoms with van der Waals surface area (Å²) in [5, 5.41) is 14.1. The van der Waals surface area contributed by atoms with Crippen molar-refractivity contribution in [2.24, 2.45) is 7.05 Å². The van der Waals surface area contributed by atoms with Crippen LogP contribution >= 0.6 is 0 Å². The molecule has 6 rings (SSSR count). The number of rotatable bonds is 4. The van der Waals surface area contributed by atoms with E-state index in [-0.39, 0.29) is 11.3 Å². The quantitative estimate of drug-likeness (QED) is 0.370. The molecule has 0 amide bonds. The van der Waals surface area contributed by atoms with Crippen LogP contribution in [0.2, 0.25) is 0 Å². The Morgan fingerprint density at radius 1 is 0.971 bits per heavy atom. The number of hydrogen-bond donors (Lipinski definition) is 0. The second-order valence-corrected chi connectivity index (χ2v) is 8.29. The molecule has 9 nitrogen and oxygen atoms in total. The molecule has 172 valence electrons. The molecule has 0 unspecified atom stereocenters. The van der Waals surface area contributed by atoms with Crippen molar-refractivity contribution in [1.29, 1.82) is 0 Å². The van der Waals surface area contributed by atoms with Gasteiger partial charge in [0.2, 0.25) is 5.95 Å². The SMILES string of the molecule is Cc1c(-n2nc3c4ccccc4n(Cc4ccc(-c5cnn(C)c5)nc4)nc-3c2=O)ccnc1F. The summed E-state index contributed by atoms with van der Waals surface area (Å²) < 4.78 is 18.8. The number of aryl methyl sites for hydroxylation is 1. The van der Waals surface area contributed by atoms with Gasteiger partial charge in [0.1, 0.15) is 5.69 Å². The second-order valence-electron chi connectivity index (χ2n) is 8.29. The molecule has 2 aliphatic rings. The van der Waals surface area contributed by atoms with E-state index in [0.29, 0.717) is 17.9 Å². The zero-order valence-corrected chi connectivity index (χ0v) is 18.9. The summed E-state index contributed by atoms with van der Waals surface area (Å²) in [4.78, 5) is 21.5. The molecule has 1 aromatic carbocycles. The number of benzene rings is 1. The molecule has 35 heavy (non-hydrogen) atoms. The maximum Gasteiger partial charge on any atom is 0.301 e. The minimum atomic E-state index is -0.642. The van der Waals surface area contributed by atoms with Crippen LogP contribution in [0.4, 0.5) is 4.39 Å². The lowest BCUT2D eigenvalue weighted by Gasteiger charge is -2.12. The molecule has 0 fully saturated rings. The first kappa shape index (κ1) is 20.8. The normalized spacial score (nSPS) is 11.5. The third kappa shape index (κ3) is 3.46. The van der Waals surface area contributed by atoms with Gasteiger partial charge in [-0.25, -0.2) is 4.98 Å². The average Bonchev–Trinajstić information content (AvgIpc) is 3.45. The molecule has 0 N–H and O–H groups in total. The summed E-state index contributed by atoms with van der Waals surface area (Å²) in [6.45, 7) is 1.97. The molecule has 0 bridgehead atoms. The van der Waals surface area contributed by atoms with Gasteiger partial charge in [0.25, 0.3) is 0 Å². The maximum atomic E-state index is 14.1. The van der Waals surface area contributed by atoms with Crippen molar-refractivity contribution >= 4 is 10.9 Å². The maximum absolute atomic E-state index is 14.1. The van der Waals surface area contributed by atoms with Gasteiger partial charge in [0, 0.05) is 42.2 Å². The van der Waals surface area contributed by atoms with Gasteiger partial charge < -0.3 is 0 Å². The van der Waals surface area contributed by atoms with E-state index in [4.69, 9.17) is 0 Å². The third-order valence-electron chi connectivity index (χ3n) is 5.98. The first-order chi connectivity index (χ1) is 17.0. The number of nitrogens with zero attached hydrogens (tertiary/aromatic N) is 8. The number of aromatic nitrogens is 8. The zero-order valence-electron chi connectivity index (χ0n) is 18.9. The second kappa shape index (κ2) is 7.94. The Morgan fingerprint density at radius 2 is 1.83 bits per heavy atom. The molecule has 0 saturated heterocycles. The number of halogens is 1. The monoisotopic (exact) mass is 466 g/mol. The summed E-state index contributed by atoms with van der Waals surface area (Å²) in [7, 11) is 1.86. The smallest absolute Gasteiger partial charge is 0.275 e. The van der Waals surface area contributed by atoms with E-state index < -0.39 is 11.5 Å². The lowest BCUT2D eigenvalue weighted by Crippen LogP contribution is -2.18. The summed E-state index contributed by atoms with van der Waals surface area (Å²) in [5.41, 5.74) is 4.33. The molecule has 0 saturated carbocycles. The topological polar surface area (TPSA) is 96.3 Å². The molecular weight excluding hydrogens is 447 g/mol. The molecule has 0 aliphatic carbocycles. The van der Waals surface area contributed by atoms with Gasteiger partial charge in [0.05, 0.1) is 29.6 Å². The number of pyridine rings is 2. The van der Waals surface area contributed by atoms with Crippen molar-refractivity contribution in [1.82, 2.24) is 39.3 Å². The molecule has 4 aromatic rings. The molecule has 0 radical (unpaired) electrons. The minimum absolute atomic E-state index is 0.209. The highest BCUT2D eigenvalue weighted by molar-refractivity contribution is 5.92. The molecule has 3 aromatic heterocycles. The van der Waals surface area contributed by atoms with Crippen LogP contribution in [0, 0.1) is 12.9 Å². The Hall–Kier alpha value is -4.73. The summed E-state index contributed by atoms with van der Waals surface area (Å²) in [5.74, 6) is -0.642. The van der Waals surface area contributed by atoms with Crippen molar-refractivity contribution in [3.8, 4) is 28.3 Å². The molecule has 0 spiro atoms. The van der Waals surface area contributed by atoms with E-state index in [1.54, 1.807) is 34.7 Å². The van der Waals surface area contributed by atoms with Gasteiger partial charge in [0.15, 0.2) is 5.69 Å². The first-order valence-electron chi connectivity index (χ1n) is 10.9. The fourth-order valence-corrected chi connectivity index (χ4v) is 4.17. The van der Waals surface area contributed by atoms with Gasteiger partial charge in [-0.3, -0.25) is 19.1 Å². The van der Waals surface area contributed by atoms with Crippen LogP contribution in [0.15, 0.2) is 72.0 Å². The van der Waals surface area contributed by atoms with E-state index in [0.717, 1.165) is 27.7 Å². The Balaban J connectivity index is 1.46. The Kier molecular flexibility index (Phi) is 4.73. The number of para-hydroxylation sites is 1. The van der Waals surface area contributed by atoms with Crippen molar-refractivity contribution in [3.63, 3.8) is 0 Å². The minimum Gasteiger partial charge on any atom is -0.275 e. The van der Waals surface area contributed by atoms with E-state index in [1.807, 2.05) is 49.6 Å². The number of fused-ring (bicyclic) bond motifs is 3. The predicted molar refractivity (Wildman–Crippen MR) is 128 cm³/mol. The van der Waals surface area contributed by atoms with Gasteiger partial charge in [-0.1, -0.05) is 24.3 Å².